The maximum atomic E-state index is 5.86. The Labute approximate surface area is 103 Å². The van der Waals surface area contributed by atoms with E-state index in [1.54, 1.807) is 23.7 Å². The number of rotatable bonds is 3. The van der Waals surface area contributed by atoms with Crippen molar-refractivity contribution in [3.05, 3.63) is 33.7 Å². The second kappa shape index (κ2) is 4.67. The summed E-state index contributed by atoms with van der Waals surface area (Å²) in [7, 11) is 1.93. The minimum Gasteiger partial charge on any atom is -0.396 e. The van der Waals surface area contributed by atoms with Crippen LogP contribution in [0, 0.1) is 0 Å². The Morgan fingerprint density at radius 2 is 2.06 bits per heavy atom. The van der Waals surface area contributed by atoms with Crippen molar-refractivity contribution in [1.82, 2.24) is 9.97 Å². The number of nitrogen functional groups attached to an aromatic ring is 1. The van der Waals surface area contributed by atoms with Crippen LogP contribution in [0.15, 0.2) is 24.5 Å². The molecule has 16 heavy (non-hydrogen) atoms. The smallest absolute Gasteiger partial charge is 0.225 e. The van der Waals surface area contributed by atoms with Gasteiger partial charge in [0.15, 0.2) is 0 Å². The number of aromatic nitrogens is 2. The highest BCUT2D eigenvalue weighted by molar-refractivity contribution is 7.16. The van der Waals surface area contributed by atoms with Crippen LogP contribution in [-0.4, -0.2) is 17.0 Å². The Bertz CT molecular complexity index is 468. The lowest BCUT2D eigenvalue weighted by molar-refractivity contribution is 0.879. The summed E-state index contributed by atoms with van der Waals surface area (Å²) in [5.74, 6) is 0.652. The molecule has 2 aromatic rings. The van der Waals surface area contributed by atoms with Gasteiger partial charge in [0, 0.05) is 11.9 Å². The lowest BCUT2D eigenvalue weighted by Crippen LogP contribution is -2.18. The lowest BCUT2D eigenvalue weighted by Gasteiger charge is -2.15. The fourth-order valence-corrected chi connectivity index (χ4v) is 2.41. The molecule has 2 rings (SSSR count). The minimum atomic E-state index is 0.566. The van der Waals surface area contributed by atoms with Crippen LogP contribution in [0.25, 0.3) is 0 Å². The quantitative estimate of drug-likeness (QED) is 0.914. The number of halogens is 1. The van der Waals surface area contributed by atoms with Crippen molar-refractivity contribution in [2.24, 2.45) is 0 Å². The van der Waals surface area contributed by atoms with Crippen molar-refractivity contribution in [3.8, 4) is 0 Å². The van der Waals surface area contributed by atoms with Gasteiger partial charge in [0.25, 0.3) is 0 Å². The molecule has 0 bridgehead atoms. The Hall–Kier alpha value is -1.33. The molecule has 6 heteroatoms. The fraction of sp³-hybridized carbons (Fsp3) is 0.200. The topological polar surface area (TPSA) is 55.0 Å². The standard InChI is InChI=1S/C10H11ClN4S/c1-15(6-8-2-3-9(11)16-8)10-13-4-7(12)5-14-10/h2-5H,6,12H2,1H3. The minimum absolute atomic E-state index is 0.566. The van der Waals surface area contributed by atoms with E-state index < -0.39 is 0 Å². The van der Waals surface area contributed by atoms with E-state index in [0.717, 1.165) is 10.9 Å². The SMILES string of the molecule is CN(Cc1ccc(Cl)s1)c1ncc(N)cn1. The molecule has 0 radical (unpaired) electrons. The Morgan fingerprint density at radius 1 is 1.38 bits per heavy atom. The van der Waals surface area contributed by atoms with E-state index in [0.29, 0.717) is 11.6 Å². The summed E-state index contributed by atoms with van der Waals surface area (Å²) in [5, 5.41) is 0. The third kappa shape index (κ3) is 2.62. The number of anilines is 2. The molecule has 0 atom stereocenters. The third-order valence-electron chi connectivity index (χ3n) is 2.02. The first-order valence-corrected chi connectivity index (χ1v) is 5.87. The van der Waals surface area contributed by atoms with Crippen molar-refractivity contribution in [2.45, 2.75) is 6.54 Å². The normalized spacial score (nSPS) is 10.4. The van der Waals surface area contributed by atoms with Gasteiger partial charge in [0.1, 0.15) is 0 Å². The largest absolute Gasteiger partial charge is 0.396 e. The first kappa shape index (κ1) is 11.2. The van der Waals surface area contributed by atoms with E-state index in [2.05, 4.69) is 9.97 Å². The van der Waals surface area contributed by atoms with Crippen molar-refractivity contribution in [3.63, 3.8) is 0 Å². The number of hydrogen-bond acceptors (Lipinski definition) is 5. The van der Waals surface area contributed by atoms with E-state index in [1.165, 1.54) is 4.88 Å². The van der Waals surface area contributed by atoms with Gasteiger partial charge in [0.05, 0.1) is 29.0 Å². The van der Waals surface area contributed by atoms with Crippen molar-refractivity contribution in [2.75, 3.05) is 17.7 Å². The Kier molecular flexibility index (Phi) is 3.26. The molecular weight excluding hydrogens is 244 g/mol. The van der Waals surface area contributed by atoms with E-state index >= 15 is 0 Å². The van der Waals surface area contributed by atoms with Gasteiger partial charge >= 0.3 is 0 Å². The molecule has 0 aliphatic heterocycles. The van der Waals surface area contributed by atoms with Crippen molar-refractivity contribution >= 4 is 34.6 Å². The average Bonchev–Trinajstić information content (AvgIpc) is 2.65. The zero-order chi connectivity index (χ0) is 11.5. The van der Waals surface area contributed by atoms with E-state index in [4.69, 9.17) is 17.3 Å². The van der Waals surface area contributed by atoms with Crippen molar-refractivity contribution in [1.29, 1.82) is 0 Å². The predicted molar refractivity (Wildman–Crippen MR) is 67.9 cm³/mol. The zero-order valence-corrected chi connectivity index (χ0v) is 10.3. The maximum absolute atomic E-state index is 5.86. The number of thiophene rings is 1. The van der Waals surface area contributed by atoms with Gasteiger partial charge in [-0.1, -0.05) is 11.6 Å². The summed E-state index contributed by atoms with van der Waals surface area (Å²) in [6.45, 7) is 0.737. The highest BCUT2D eigenvalue weighted by atomic mass is 35.5. The molecule has 0 fully saturated rings. The molecule has 0 saturated heterocycles. The van der Waals surface area contributed by atoms with E-state index in [-0.39, 0.29) is 0 Å². The van der Waals surface area contributed by atoms with Gasteiger partial charge in [-0.05, 0) is 12.1 Å². The Balaban J connectivity index is 2.08. The van der Waals surface area contributed by atoms with E-state index in [1.807, 2.05) is 24.1 Å². The van der Waals surface area contributed by atoms with Gasteiger partial charge in [-0.25, -0.2) is 9.97 Å². The number of nitrogens with two attached hydrogens (primary N) is 1. The molecule has 0 aliphatic carbocycles. The van der Waals surface area contributed by atoms with Crippen LogP contribution < -0.4 is 10.6 Å². The number of hydrogen-bond donors (Lipinski definition) is 1. The van der Waals surface area contributed by atoms with Crippen LogP contribution >= 0.6 is 22.9 Å². The molecule has 0 unspecified atom stereocenters. The van der Waals surface area contributed by atoms with Crippen LogP contribution in [-0.2, 0) is 6.54 Å². The first-order valence-electron chi connectivity index (χ1n) is 4.68. The summed E-state index contributed by atoms with van der Waals surface area (Å²) in [5.41, 5.74) is 6.09. The van der Waals surface area contributed by atoms with Gasteiger partial charge in [-0.2, -0.15) is 0 Å². The molecule has 0 saturated carbocycles. The predicted octanol–water partition coefficient (Wildman–Crippen LogP) is 2.41. The van der Waals surface area contributed by atoms with Gasteiger partial charge < -0.3 is 10.6 Å². The molecule has 2 aromatic heterocycles. The second-order valence-corrected chi connectivity index (χ2v) is 5.18. The van der Waals surface area contributed by atoms with Crippen LogP contribution in [0.3, 0.4) is 0 Å². The summed E-state index contributed by atoms with van der Waals surface area (Å²) in [6, 6.07) is 3.89. The second-order valence-electron chi connectivity index (χ2n) is 3.38. The molecule has 2 heterocycles. The summed E-state index contributed by atoms with van der Waals surface area (Å²) < 4.78 is 0.793. The highest BCUT2D eigenvalue weighted by Crippen LogP contribution is 2.23. The first-order chi connectivity index (χ1) is 7.65. The van der Waals surface area contributed by atoms with Crippen molar-refractivity contribution < 1.29 is 0 Å². The van der Waals surface area contributed by atoms with E-state index in [9.17, 15) is 0 Å². The zero-order valence-electron chi connectivity index (χ0n) is 8.72. The third-order valence-corrected chi connectivity index (χ3v) is 3.24. The molecule has 0 amide bonds. The highest BCUT2D eigenvalue weighted by Gasteiger charge is 2.06. The maximum Gasteiger partial charge on any atom is 0.225 e. The Morgan fingerprint density at radius 3 is 2.62 bits per heavy atom. The molecule has 0 aliphatic rings. The van der Waals surface area contributed by atoms with Crippen LogP contribution in [0.5, 0.6) is 0 Å². The van der Waals surface area contributed by atoms with Crippen LogP contribution in [0.4, 0.5) is 11.6 Å². The summed E-state index contributed by atoms with van der Waals surface area (Å²) in [6.07, 6.45) is 3.19. The summed E-state index contributed by atoms with van der Waals surface area (Å²) >= 11 is 7.42. The average molecular weight is 255 g/mol. The molecule has 0 aromatic carbocycles. The number of nitrogens with zero attached hydrogens (tertiary/aromatic N) is 3. The fourth-order valence-electron chi connectivity index (χ4n) is 1.27. The molecule has 84 valence electrons. The summed E-state index contributed by atoms with van der Waals surface area (Å²) in [4.78, 5) is 11.4. The molecular formula is C10H11ClN4S. The van der Waals surface area contributed by atoms with Crippen LogP contribution in [0.2, 0.25) is 4.34 Å². The monoisotopic (exact) mass is 254 g/mol. The van der Waals surface area contributed by atoms with Crippen LogP contribution in [0.1, 0.15) is 4.88 Å². The van der Waals surface area contributed by atoms with Gasteiger partial charge in [0.2, 0.25) is 5.95 Å². The molecule has 0 spiro atoms. The molecule has 2 N–H and O–H groups in total. The lowest BCUT2D eigenvalue weighted by atomic mass is 10.4. The van der Waals surface area contributed by atoms with Gasteiger partial charge in [-0.15, -0.1) is 11.3 Å². The molecule has 4 nitrogen and oxygen atoms in total. The van der Waals surface area contributed by atoms with Gasteiger partial charge in [-0.3, -0.25) is 0 Å².